The molecule has 1 aromatic heterocycles. The zero-order valence-corrected chi connectivity index (χ0v) is 19.0. The van der Waals surface area contributed by atoms with Gasteiger partial charge in [0.2, 0.25) is 10.0 Å². The van der Waals surface area contributed by atoms with Gasteiger partial charge in [0.25, 0.3) is 0 Å². The summed E-state index contributed by atoms with van der Waals surface area (Å²) in [6.07, 6.45) is 5.85. The molecule has 166 valence electrons. The summed E-state index contributed by atoms with van der Waals surface area (Å²) in [5.74, 6) is 0.895. The van der Waals surface area contributed by atoms with Crippen LogP contribution in [0.4, 0.5) is 0 Å². The molecule has 0 amide bonds. The first-order chi connectivity index (χ1) is 13.8. The van der Waals surface area contributed by atoms with Crippen LogP contribution < -0.4 is 5.32 Å². The van der Waals surface area contributed by atoms with Crippen molar-refractivity contribution in [1.29, 1.82) is 0 Å². The minimum absolute atomic E-state index is 0.0354. The molecule has 1 aliphatic rings. The van der Waals surface area contributed by atoms with E-state index in [1.54, 1.807) is 4.31 Å². The summed E-state index contributed by atoms with van der Waals surface area (Å²) in [5.41, 5.74) is 1.22. The first-order valence-electron chi connectivity index (χ1n) is 10.4. The number of piperazine rings is 1. The van der Waals surface area contributed by atoms with Crippen molar-refractivity contribution in [2.45, 2.75) is 39.7 Å². The van der Waals surface area contributed by atoms with Gasteiger partial charge in [-0.15, -0.1) is 0 Å². The highest BCUT2D eigenvalue weighted by Gasteiger charge is 2.27. The second-order valence-corrected chi connectivity index (χ2v) is 9.57. The Hall–Kier alpha value is -1.65. The van der Waals surface area contributed by atoms with Crippen LogP contribution in [0.3, 0.4) is 0 Å². The summed E-state index contributed by atoms with van der Waals surface area (Å²) < 4.78 is 33.8. The molecule has 1 aromatic rings. The number of nitrogens with one attached hydrogen (secondary N) is 1. The normalized spacial score (nSPS) is 16.6. The van der Waals surface area contributed by atoms with E-state index in [9.17, 15) is 8.42 Å². The quantitative estimate of drug-likeness (QED) is 0.335. The maximum absolute atomic E-state index is 12.5. The molecular weight excluding hydrogens is 392 g/mol. The summed E-state index contributed by atoms with van der Waals surface area (Å²) in [5, 5.41) is 7.51. The summed E-state index contributed by atoms with van der Waals surface area (Å²) >= 11 is 0. The lowest BCUT2D eigenvalue weighted by molar-refractivity contribution is 0.0904. The number of rotatable bonds is 10. The molecule has 0 bridgehead atoms. The van der Waals surface area contributed by atoms with E-state index in [0.717, 1.165) is 31.9 Å². The molecule has 0 spiro atoms. The van der Waals surface area contributed by atoms with Crippen molar-refractivity contribution in [1.82, 2.24) is 24.3 Å². The topological polar surface area (TPSA) is 92.1 Å². The molecular formula is C19H36N6O3S. The molecule has 10 heteroatoms. The van der Waals surface area contributed by atoms with E-state index in [2.05, 4.69) is 15.3 Å². The standard InChI is InChI=1S/C19H36N6O3S/c1-5-20-19(21-8-6-7-18-15-22-23(4)16-18)24-9-11-25(12-10-24)29(26,27)14-13-28-17(2)3/h15-17H,5-14H2,1-4H3,(H,20,21). The first-order valence-corrected chi connectivity index (χ1v) is 12.0. The molecule has 0 aliphatic carbocycles. The van der Waals surface area contributed by atoms with Gasteiger partial charge in [-0.05, 0) is 39.2 Å². The van der Waals surface area contributed by atoms with Gasteiger partial charge in [-0.25, -0.2) is 8.42 Å². The number of hydrogen-bond acceptors (Lipinski definition) is 5. The Kier molecular flexibility index (Phi) is 9.38. The van der Waals surface area contributed by atoms with Crippen LogP contribution in [0.15, 0.2) is 17.4 Å². The van der Waals surface area contributed by atoms with E-state index < -0.39 is 10.0 Å². The maximum Gasteiger partial charge on any atom is 0.216 e. The number of aliphatic imine (C=N–C) groups is 1. The summed E-state index contributed by atoms with van der Waals surface area (Å²) in [4.78, 5) is 6.87. The number of aryl methyl sites for hydroxylation is 2. The molecule has 0 aromatic carbocycles. The third-order valence-electron chi connectivity index (χ3n) is 4.70. The largest absolute Gasteiger partial charge is 0.378 e. The SMILES string of the molecule is CCNC(=NCCCc1cnn(C)c1)N1CCN(S(=O)(=O)CCOC(C)C)CC1. The molecule has 0 unspecified atom stereocenters. The number of hydrogen-bond donors (Lipinski definition) is 1. The van der Waals surface area contributed by atoms with Crippen LogP contribution in [0, 0.1) is 0 Å². The molecule has 9 nitrogen and oxygen atoms in total. The van der Waals surface area contributed by atoms with Crippen LogP contribution in [-0.4, -0.2) is 91.1 Å². The fraction of sp³-hybridized carbons (Fsp3) is 0.789. The second-order valence-electron chi connectivity index (χ2n) is 7.48. The Morgan fingerprint density at radius 2 is 2.03 bits per heavy atom. The Bertz CT molecular complexity index is 739. The summed E-state index contributed by atoms with van der Waals surface area (Å²) in [7, 11) is -1.36. The molecule has 0 radical (unpaired) electrons. The molecule has 2 heterocycles. The number of sulfonamides is 1. The highest BCUT2D eigenvalue weighted by molar-refractivity contribution is 7.89. The highest BCUT2D eigenvalue weighted by Crippen LogP contribution is 2.09. The first kappa shape index (κ1) is 23.6. The van der Waals surface area contributed by atoms with Crippen LogP contribution in [0.25, 0.3) is 0 Å². The number of aromatic nitrogens is 2. The average Bonchev–Trinajstić information content (AvgIpc) is 3.09. The lowest BCUT2D eigenvalue weighted by atomic mass is 10.2. The zero-order valence-electron chi connectivity index (χ0n) is 18.2. The van der Waals surface area contributed by atoms with E-state index >= 15 is 0 Å². The van der Waals surface area contributed by atoms with E-state index in [4.69, 9.17) is 9.73 Å². The van der Waals surface area contributed by atoms with Crippen LogP contribution in [0.5, 0.6) is 0 Å². The van der Waals surface area contributed by atoms with Crippen molar-refractivity contribution in [2.24, 2.45) is 12.0 Å². The van der Waals surface area contributed by atoms with Gasteiger partial charge >= 0.3 is 0 Å². The fourth-order valence-electron chi connectivity index (χ4n) is 3.19. The molecule has 1 aliphatic heterocycles. The van der Waals surface area contributed by atoms with Gasteiger partial charge in [0, 0.05) is 52.5 Å². The minimum atomic E-state index is -3.28. The van der Waals surface area contributed by atoms with Crippen LogP contribution in [0.1, 0.15) is 32.8 Å². The Labute approximate surface area is 175 Å². The van der Waals surface area contributed by atoms with Gasteiger partial charge in [0.15, 0.2) is 5.96 Å². The molecule has 2 rings (SSSR count). The molecule has 1 saturated heterocycles. The van der Waals surface area contributed by atoms with Crippen molar-refractivity contribution in [2.75, 3.05) is 51.6 Å². The lowest BCUT2D eigenvalue weighted by Crippen LogP contribution is -2.54. The Morgan fingerprint density at radius 1 is 1.31 bits per heavy atom. The molecule has 0 saturated carbocycles. The third kappa shape index (κ3) is 7.94. The molecule has 1 fully saturated rings. The Morgan fingerprint density at radius 3 is 2.62 bits per heavy atom. The van der Waals surface area contributed by atoms with E-state index in [1.165, 1.54) is 5.56 Å². The van der Waals surface area contributed by atoms with Crippen molar-refractivity contribution < 1.29 is 13.2 Å². The summed E-state index contributed by atoms with van der Waals surface area (Å²) in [6.45, 7) is 9.83. The van der Waals surface area contributed by atoms with Gasteiger partial charge in [0.05, 0.1) is 24.7 Å². The van der Waals surface area contributed by atoms with E-state index in [-0.39, 0.29) is 18.5 Å². The van der Waals surface area contributed by atoms with Crippen LogP contribution in [0.2, 0.25) is 0 Å². The number of guanidine groups is 1. The number of nitrogens with zero attached hydrogens (tertiary/aromatic N) is 5. The Balaban J connectivity index is 1.81. The highest BCUT2D eigenvalue weighted by atomic mass is 32.2. The van der Waals surface area contributed by atoms with Gasteiger partial charge in [0.1, 0.15) is 0 Å². The second kappa shape index (κ2) is 11.5. The smallest absolute Gasteiger partial charge is 0.216 e. The lowest BCUT2D eigenvalue weighted by Gasteiger charge is -2.36. The molecule has 29 heavy (non-hydrogen) atoms. The molecule has 0 atom stereocenters. The van der Waals surface area contributed by atoms with Crippen molar-refractivity contribution in [3.63, 3.8) is 0 Å². The average molecular weight is 429 g/mol. The van der Waals surface area contributed by atoms with Gasteiger partial charge < -0.3 is 15.0 Å². The van der Waals surface area contributed by atoms with E-state index in [0.29, 0.717) is 26.2 Å². The van der Waals surface area contributed by atoms with Crippen molar-refractivity contribution in [3.8, 4) is 0 Å². The zero-order chi connectivity index (χ0) is 21.3. The van der Waals surface area contributed by atoms with E-state index in [1.807, 2.05) is 44.9 Å². The van der Waals surface area contributed by atoms with Gasteiger partial charge in [-0.1, -0.05) is 0 Å². The van der Waals surface area contributed by atoms with Crippen molar-refractivity contribution >= 4 is 16.0 Å². The molecule has 1 N–H and O–H groups in total. The predicted molar refractivity (Wildman–Crippen MR) is 116 cm³/mol. The third-order valence-corrected chi connectivity index (χ3v) is 6.54. The maximum atomic E-state index is 12.5. The van der Waals surface area contributed by atoms with Crippen LogP contribution >= 0.6 is 0 Å². The minimum Gasteiger partial charge on any atom is -0.378 e. The monoisotopic (exact) mass is 428 g/mol. The predicted octanol–water partition coefficient (Wildman–Crippen LogP) is 0.691. The fourth-order valence-corrected chi connectivity index (χ4v) is 4.48. The van der Waals surface area contributed by atoms with Gasteiger partial charge in [-0.3, -0.25) is 9.67 Å². The van der Waals surface area contributed by atoms with Crippen molar-refractivity contribution in [3.05, 3.63) is 18.0 Å². The number of ether oxygens (including phenoxy) is 1. The van der Waals surface area contributed by atoms with Gasteiger partial charge in [-0.2, -0.15) is 9.40 Å². The summed E-state index contributed by atoms with van der Waals surface area (Å²) in [6, 6.07) is 0. The van der Waals surface area contributed by atoms with Crippen LogP contribution in [-0.2, 0) is 28.2 Å².